The first-order valence-corrected chi connectivity index (χ1v) is 7.92. The summed E-state index contributed by atoms with van der Waals surface area (Å²) in [6, 6.07) is 15.4. The number of anilines is 2. The van der Waals surface area contributed by atoms with E-state index in [2.05, 4.69) is 5.32 Å². The average molecular weight is 352 g/mol. The number of hydrogen-bond donors (Lipinski definition) is 1. The number of carbonyl (C=O) groups is 2. The Morgan fingerprint density at radius 1 is 1.15 bits per heavy atom. The number of rotatable bonds is 4. The van der Waals surface area contributed by atoms with Gasteiger partial charge in [0.15, 0.2) is 0 Å². The van der Waals surface area contributed by atoms with Crippen molar-refractivity contribution in [2.24, 2.45) is 0 Å². The van der Waals surface area contributed by atoms with Crippen molar-refractivity contribution >= 4 is 23.5 Å². The first-order valence-electron chi connectivity index (χ1n) is 7.92. The molecule has 7 nitrogen and oxygen atoms in total. The molecule has 2 rings (SSSR count). The second-order valence-corrected chi connectivity index (χ2v) is 5.80. The summed E-state index contributed by atoms with van der Waals surface area (Å²) in [5, 5.41) is 11.7. The third-order valence-electron chi connectivity index (χ3n) is 3.46. The highest BCUT2D eigenvalue weighted by molar-refractivity contribution is 5.91. The highest BCUT2D eigenvalue weighted by Crippen LogP contribution is 2.21. The van der Waals surface area contributed by atoms with Crippen LogP contribution in [0, 0.1) is 18.3 Å². The number of aryl methyl sites for hydroxylation is 1. The van der Waals surface area contributed by atoms with E-state index < -0.39 is 6.09 Å². The van der Waals surface area contributed by atoms with Crippen LogP contribution in [0.5, 0.6) is 5.75 Å². The van der Waals surface area contributed by atoms with Crippen LogP contribution in [0.1, 0.15) is 5.56 Å². The molecule has 0 atom stereocenters. The molecule has 0 saturated heterocycles. The van der Waals surface area contributed by atoms with Crippen molar-refractivity contribution in [1.82, 2.24) is 4.90 Å². The number of nitrogens with one attached hydrogen (secondary N) is 1. The molecule has 0 fully saturated rings. The molecule has 3 amide bonds. The molecule has 0 heterocycles. The zero-order chi connectivity index (χ0) is 19.1. The van der Waals surface area contributed by atoms with Gasteiger partial charge in [-0.1, -0.05) is 18.2 Å². The second kappa shape index (κ2) is 8.53. The summed E-state index contributed by atoms with van der Waals surface area (Å²) in [4.78, 5) is 26.9. The molecule has 0 aliphatic heterocycles. The van der Waals surface area contributed by atoms with Gasteiger partial charge in [0.2, 0.25) is 0 Å². The molecular weight excluding hydrogens is 332 g/mol. The minimum absolute atomic E-state index is 0.140. The molecule has 7 heteroatoms. The van der Waals surface area contributed by atoms with Crippen molar-refractivity contribution in [3.8, 4) is 11.8 Å². The molecule has 0 aromatic heterocycles. The molecule has 0 spiro atoms. The predicted molar refractivity (Wildman–Crippen MR) is 99.3 cm³/mol. The van der Waals surface area contributed by atoms with Crippen LogP contribution in [-0.4, -0.2) is 37.7 Å². The smallest absolute Gasteiger partial charge is 0.410 e. The number of nitriles is 1. The van der Waals surface area contributed by atoms with Gasteiger partial charge in [-0.25, -0.2) is 9.59 Å². The van der Waals surface area contributed by atoms with E-state index >= 15 is 0 Å². The Labute approximate surface area is 152 Å². The van der Waals surface area contributed by atoms with Crippen LogP contribution in [0.2, 0.25) is 0 Å². The molecule has 0 unspecified atom stereocenters. The largest absolute Gasteiger partial charge is 0.420 e. The zero-order valence-electron chi connectivity index (χ0n) is 14.9. The summed E-state index contributed by atoms with van der Waals surface area (Å²) in [5.74, 6) is 0.266. The number of urea groups is 1. The van der Waals surface area contributed by atoms with Gasteiger partial charge in [-0.3, -0.25) is 4.90 Å². The summed E-state index contributed by atoms with van der Waals surface area (Å²) < 4.78 is 5.38. The molecule has 134 valence electrons. The molecular formula is C19H20N4O3. The van der Waals surface area contributed by atoms with Crippen LogP contribution in [0.4, 0.5) is 21.0 Å². The quantitative estimate of drug-likeness (QED) is 0.852. The minimum atomic E-state index is -0.673. The van der Waals surface area contributed by atoms with Gasteiger partial charge in [0.25, 0.3) is 0 Å². The highest BCUT2D eigenvalue weighted by Gasteiger charge is 2.18. The molecule has 0 aliphatic carbocycles. The molecule has 2 aromatic rings. The maximum Gasteiger partial charge on any atom is 0.420 e. The van der Waals surface area contributed by atoms with Gasteiger partial charge >= 0.3 is 12.1 Å². The van der Waals surface area contributed by atoms with Crippen LogP contribution >= 0.6 is 0 Å². The van der Waals surface area contributed by atoms with Crippen LogP contribution in [0.3, 0.4) is 0 Å². The lowest BCUT2D eigenvalue weighted by Crippen LogP contribution is -2.34. The Hall–Kier alpha value is -3.53. The Morgan fingerprint density at radius 3 is 2.54 bits per heavy atom. The van der Waals surface area contributed by atoms with Gasteiger partial charge in [0.1, 0.15) is 12.3 Å². The Bertz CT molecular complexity index is 843. The van der Waals surface area contributed by atoms with E-state index in [1.165, 1.54) is 9.80 Å². The Kier molecular flexibility index (Phi) is 6.17. The van der Waals surface area contributed by atoms with E-state index in [1.807, 2.05) is 19.1 Å². The fourth-order valence-electron chi connectivity index (χ4n) is 2.16. The molecule has 0 saturated carbocycles. The first-order chi connectivity index (χ1) is 12.4. The second-order valence-electron chi connectivity index (χ2n) is 5.80. The Balaban J connectivity index is 2.16. The lowest BCUT2D eigenvalue weighted by Gasteiger charge is -2.20. The fraction of sp³-hybridized carbons (Fsp3) is 0.211. The summed E-state index contributed by atoms with van der Waals surface area (Å²) in [7, 11) is 3.25. The molecule has 2 aromatic carbocycles. The summed E-state index contributed by atoms with van der Waals surface area (Å²) in [6.45, 7) is 1.76. The lowest BCUT2D eigenvalue weighted by molar-refractivity contribution is 0.208. The van der Waals surface area contributed by atoms with Crippen LogP contribution in [-0.2, 0) is 0 Å². The number of carbonyl (C=O) groups excluding carboxylic acids is 2. The van der Waals surface area contributed by atoms with Crippen molar-refractivity contribution in [3.05, 3.63) is 54.1 Å². The van der Waals surface area contributed by atoms with Gasteiger partial charge in [-0.15, -0.1) is 0 Å². The predicted octanol–water partition coefficient (Wildman–Crippen LogP) is 3.62. The lowest BCUT2D eigenvalue weighted by atomic mass is 10.2. The highest BCUT2D eigenvalue weighted by atomic mass is 16.6. The number of hydrogen-bond acceptors (Lipinski definition) is 4. The van der Waals surface area contributed by atoms with E-state index in [0.29, 0.717) is 11.4 Å². The fourth-order valence-corrected chi connectivity index (χ4v) is 2.16. The maximum atomic E-state index is 12.5. The van der Waals surface area contributed by atoms with E-state index in [0.717, 1.165) is 5.56 Å². The van der Waals surface area contributed by atoms with Gasteiger partial charge in [-0.05, 0) is 36.8 Å². The standard InChI is InChI=1S/C19H20N4O3/c1-14-6-4-8-16(12-14)23(11-10-20)19(25)26-17-9-5-7-15(13-17)21-18(24)22(2)3/h4-9,12-13H,11H2,1-3H3,(H,21,24). The summed E-state index contributed by atoms with van der Waals surface area (Å²) in [5.41, 5.74) is 2.04. The van der Waals surface area contributed by atoms with Gasteiger partial charge in [0, 0.05) is 31.5 Å². The van der Waals surface area contributed by atoms with Crippen LogP contribution < -0.4 is 15.0 Å². The minimum Gasteiger partial charge on any atom is -0.410 e. The van der Waals surface area contributed by atoms with E-state index in [4.69, 9.17) is 10.00 Å². The third kappa shape index (κ3) is 4.98. The van der Waals surface area contributed by atoms with Gasteiger partial charge < -0.3 is 15.0 Å². The average Bonchev–Trinajstić information content (AvgIpc) is 2.59. The van der Waals surface area contributed by atoms with Gasteiger partial charge in [0.05, 0.1) is 6.07 Å². The van der Waals surface area contributed by atoms with Crippen molar-refractivity contribution in [1.29, 1.82) is 5.26 Å². The third-order valence-corrected chi connectivity index (χ3v) is 3.46. The topological polar surface area (TPSA) is 85.7 Å². The van der Waals surface area contributed by atoms with Crippen LogP contribution in [0.15, 0.2) is 48.5 Å². The van der Waals surface area contributed by atoms with Crippen molar-refractivity contribution < 1.29 is 14.3 Å². The summed E-state index contributed by atoms with van der Waals surface area (Å²) in [6.07, 6.45) is -0.673. The number of ether oxygens (including phenoxy) is 1. The maximum absolute atomic E-state index is 12.5. The normalized spacial score (nSPS) is 9.77. The van der Waals surface area contributed by atoms with Crippen LogP contribution in [0.25, 0.3) is 0 Å². The zero-order valence-corrected chi connectivity index (χ0v) is 14.9. The van der Waals surface area contributed by atoms with Crippen molar-refractivity contribution in [2.75, 3.05) is 30.9 Å². The molecule has 26 heavy (non-hydrogen) atoms. The SMILES string of the molecule is Cc1cccc(N(CC#N)C(=O)Oc2cccc(NC(=O)N(C)C)c2)c1. The Morgan fingerprint density at radius 2 is 1.88 bits per heavy atom. The van der Waals surface area contributed by atoms with E-state index in [9.17, 15) is 9.59 Å². The number of benzene rings is 2. The molecule has 1 N–H and O–H groups in total. The number of amides is 3. The monoisotopic (exact) mass is 352 g/mol. The van der Waals surface area contributed by atoms with Crippen molar-refractivity contribution in [2.45, 2.75) is 6.92 Å². The molecule has 0 bridgehead atoms. The first kappa shape index (κ1) is 18.8. The van der Waals surface area contributed by atoms with E-state index in [1.54, 1.807) is 56.6 Å². The van der Waals surface area contributed by atoms with E-state index in [-0.39, 0.29) is 18.3 Å². The van der Waals surface area contributed by atoms with Crippen molar-refractivity contribution in [3.63, 3.8) is 0 Å². The molecule has 0 aliphatic rings. The molecule has 0 radical (unpaired) electrons. The number of nitrogens with zero attached hydrogens (tertiary/aromatic N) is 3. The summed E-state index contributed by atoms with van der Waals surface area (Å²) >= 11 is 0. The van der Waals surface area contributed by atoms with Gasteiger partial charge in [-0.2, -0.15) is 5.26 Å².